The van der Waals surface area contributed by atoms with Gasteiger partial charge in [0.2, 0.25) is 0 Å². The molecule has 0 heterocycles. The van der Waals surface area contributed by atoms with E-state index in [-0.39, 0.29) is 18.2 Å². The zero-order valence-corrected chi connectivity index (χ0v) is 40.0. The average molecular weight is 821 g/mol. The first-order valence-corrected chi connectivity index (χ1v) is 21.3. The Morgan fingerprint density at radius 2 is 0.855 bits per heavy atom. The second-order valence-corrected chi connectivity index (χ2v) is 14.7. The van der Waals surface area contributed by atoms with E-state index in [1.807, 2.05) is 6.92 Å². The van der Waals surface area contributed by atoms with Crippen LogP contribution >= 0.6 is 0 Å². The van der Waals surface area contributed by atoms with Gasteiger partial charge < -0.3 is 5.48 Å². The van der Waals surface area contributed by atoms with Crippen LogP contribution in [0.25, 0.3) is 0 Å². The fourth-order valence-corrected chi connectivity index (χ4v) is 9.28. The van der Waals surface area contributed by atoms with Gasteiger partial charge in [0.15, 0.2) is 5.78 Å². The highest BCUT2D eigenvalue weighted by Gasteiger charge is 2.48. The van der Waals surface area contributed by atoms with Gasteiger partial charge in [-0.15, -0.1) is 12.8 Å². The zero-order valence-electron chi connectivity index (χ0n) is 40.0. The van der Waals surface area contributed by atoms with E-state index >= 15 is 0 Å². The topological polar surface area (TPSA) is 48.6 Å². The molecule has 0 bridgehead atoms. The molecule has 2 aliphatic rings. The van der Waals surface area contributed by atoms with Crippen molar-refractivity contribution in [3.05, 3.63) is 11.1 Å². The summed E-state index contributed by atoms with van der Waals surface area (Å²) < 4.78 is 0. The lowest BCUT2D eigenvalue weighted by Crippen LogP contribution is -2.45. The number of ketones is 1. The molecule has 0 aromatic carbocycles. The summed E-state index contributed by atoms with van der Waals surface area (Å²) in [5, 5.41) is 0. The van der Waals surface area contributed by atoms with Gasteiger partial charge in [-0.1, -0.05) is 100.0 Å². The van der Waals surface area contributed by atoms with Crippen molar-refractivity contribution >= 4 is 5.78 Å². The molecule has 2 nitrogen and oxygen atoms in total. The van der Waals surface area contributed by atoms with Crippen molar-refractivity contribution < 1.29 is 11.7 Å². The molecule has 2 aliphatic carbocycles. The molecular weight excluding hydrogens is 753 g/mol. The van der Waals surface area contributed by atoms with E-state index in [9.17, 15) is 4.79 Å². The van der Waals surface area contributed by atoms with Crippen molar-refractivity contribution in [3.8, 4) is 167 Å². The molecule has 6 atom stereocenters. The summed E-state index contributed by atoms with van der Waals surface area (Å²) in [5.41, 5.74) is 3.27. The van der Waals surface area contributed by atoms with Gasteiger partial charge in [-0.2, -0.15) is 0 Å². The summed E-state index contributed by atoms with van der Waals surface area (Å²) in [7, 11) is 0. The quantitative estimate of drug-likeness (QED) is 0.246. The van der Waals surface area contributed by atoms with Crippen molar-refractivity contribution in [2.24, 2.45) is 46.3 Å². The van der Waals surface area contributed by atoms with Crippen LogP contribution in [0.1, 0.15) is 143 Å². The maximum Gasteiger partial charge on any atom is 0.161 e. The molecular formula is C60H68O2. The lowest BCUT2D eigenvalue weighted by atomic mass is 9.52. The van der Waals surface area contributed by atoms with Crippen LogP contribution in [-0.4, -0.2) is 11.3 Å². The summed E-state index contributed by atoms with van der Waals surface area (Å²) in [6, 6.07) is 0. The molecule has 2 N–H and O–H groups in total. The molecule has 2 rings (SSSR count). The van der Waals surface area contributed by atoms with Crippen molar-refractivity contribution in [1.29, 1.82) is 0 Å². The van der Waals surface area contributed by atoms with E-state index in [0.717, 1.165) is 48.5 Å². The summed E-state index contributed by atoms with van der Waals surface area (Å²) in [4.78, 5) is 12.3. The van der Waals surface area contributed by atoms with Crippen molar-refractivity contribution in [1.82, 2.24) is 0 Å². The molecule has 0 aromatic rings. The number of Topliss-reactive ketones (excluding diaryl/α,β-unsaturated/α-hetero) is 1. The molecule has 62 heavy (non-hydrogen) atoms. The standard InChI is InChI=1S/C15H26O.C15H30.2C15H4.H2O.H2/c1-7-13-10(4)14(16)12(6)15(8-2,9-3)11(13)5;1-7-14-11(4)10-12(5)15(8-2,9-3)13(14)6;2*1-3-5-7-9-11-13-15-14-12-10-8-6-4-2;;/h11-12H,7-9H2,1-6H3;11-14H,7-10H2,1-6H3;2*1H,2H3;1H2;1H. The maximum absolute atomic E-state index is 12.3. The van der Waals surface area contributed by atoms with Gasteiger partial charge in [-0.25, -0.2) is 0 Å². The van der Waals surface area contributed by atoms with Gasteiger partial charge in [0.05, 0.1) is 0 Å². The Kier molecular flexibility index (Phi) is 34.7. The van der Waals surface area contributed by atoms with Gasteiger partial charge in [-0.05, 0) is 247 Å². The third-order valence-corrected chi connectivity index (χ3v) is 12.6. The van der Waals surface area contributed by atoms with Gasteiger partial charge >= 0.3 is 0 Å². The highest BCUT2D eigenvalue weighted by Crippen LogP contribution is 2.55. The Morgan fingerprint density at radius 3 is 1.13 bits per heavy atom. The first kappa shape index (κ1) is 59.5. The minimum atomic E-state index is 0. The SMILES string of the molecule is C#CC#CC#CC#CC#CC#CC#CC.C#CC#CC#CC#CC#CC#CC#CC.CCC1=C(C)C(=O)C(C)C(CC)(CC)C1C.CCC1C(C)CC(C)C(CC)(CC)C1C.O.[HH]. The largest absolute Gasteiger partial charge is 0.412 e. The van der Waals surface area contributed by atoms with Crippen LogP contribution in [0.15, 0.2) is 11.1 Å². The normalized spacial score (nSPS) is 19.3. The third-order valence-electron chi connectivity index (χ3n) is 12.6. The summed E-state index contributed by atoms with van der Waals surface area (Å²) in [6.45, 7) is 31.2. The number of carbonyl (C=O) groups is 1. The van der Waals surface area contributed by atoms with Crippen LogP contribution in [0.2, 0.25) is 0 Å². The second-order valence-electron chi connectivity index (χ2n) is 14.7. The molecule has 0 saturated heterocycles. The van der Waals surface area contributed by atoms with Gasteiger partial charge in [0, 0.05) is 7.34 Å². The highest BCUT2D eigenvalue weighted by molar-refractivity contribution is 5.98. The van der Waals surface area contributed by atoms with Crippen LogP contribution in [-0.2, 0) is 4.79 Å². The Hall–Kier alpha value is -6.79. The molecule has 0 spiro atoms. The van der Waals surface area contributed by atoms with E-state index in [1.165, 1.54) is 31.3 Å². The highest BCUT2D eigenvalue weighted by atomic mass is 16.1. The molecule has 1 saturated carbocycles. The van der Waals surface area contributed by atoms with Crippen LogP contribution in [0.3, 0.4) is 0 Å². The number of hydrogen-bond donors (Lipinski definition) is 0. The van der Waals surface area contributed by atoms with E-state index in [2.05, 4.69) is 230 Å². The monoisotopic (exact) mass is 821 g/mol. The van der Waals surface area contributed by atoms with Crippen molar-refractivity contribution in [2.75, 3.05) is 0 Å². The minimum absolute atomic E-state index is 0. The molecule has 0 radical (unpaired) electrons. The summed E-state index contributed by atoms with van der Waals surface area (Å²) in [5.74, 6) is 68.7. The Balaban J connectivity index is -0.000000365. The lowest BCUT2D eigenvalue weighted by Gasteiger charge is -2.53. The van der Waals surface area contributed by atoms with Gasteiger partial charge in [0.25, 0.3) is 0 Å². The molecule has 320 valence electrons. The number of terminal acetylenes is 2. The molecule has 0 aliphatic heterocycles. The van der Waals surface area contributed by atoms with Crippen LogP contribution in [0.5, 0.6) is 0 Å². The van der Waals surface area contributed by atoms with E-state index < -0.39 is 0 Å². The van der Waals surface area contributed by atoms with Crippen LogP contribution in [0.4, 0.5) is 0 Å². The van der Waals surface area contributed by atoms with Crippen LogP contribution < -0.4 is 0 Å². The van der Waals surface area contributed by atoms with Gasteiger partial charge in [-0.3, -0.25) is 4.79 Å². The zero-order chi connectivity index (χ0) is 46.5. The fraction of sp³-hybridized carbons (Fsp3) is 0.483. The third kappa shape index (κ3) is 20.0. The van der Waals surface area contributed by atoms with E-state index in [1.54, 1.807) is 13.8 Å². The summed E-state index contributed by atoms with van der Waals surface area (Å²) >= 11 is 0. The molecule has 0 aromatic heterocycles. The fourth-order valence-electron chi connectivity index (χ4n) is 9.28. The Bertz CT molecular complexity index is 2280. The number of allylic oxidation sites excluding steroid dienone is 2. The van der Waals surface area contributed by atoms with Gasteiger partial charge in [0.1, 0.15) is 0 Å². The van der Waals surface area contributed by atoms with E-state index in [4.69, 9.17) is 12.8 Å². The summed E-state index contributed by atoms with van der Waals surface area (Å²) in [6.07, 6.45) is 18.5. The van der Waals surface area contributed by atoms with Crippen LogP contribution in [0, 0.1) is 213 Å². The molecule has 1 fully saturated rings. The number of hydrogen-bond acceptors (Lipinski definition) is 1. The minimum Gasteiger partial charge on any atom is -0.412 e. The van der Waals surface area contributed by atoms with E-state index in [0.29, 0.717) is 17.1 Å². The van der Waals surface area contributed by atoms with Crippen molar-refractivity contribution in [2.45, 2.75) is 142 Å². The molecule has 0 amide bonds. The van der Waals surface area contributed by atoms with Crippen molar-refractivity contribution in [3.63, 3.8) is 0 Å². The second kappa shape index (κ2) is 36.1. The number of carbonyl (C=O) groups excluding carboxylic acids is 1. The Morgan fingerprint density at radius 1 is 0.532 bits per heavy atom. The lowest BCUT2D eigenvalue weighted by molar-refractivity contribution is -0.125. The first-order valence-electron chi connectivity index (χ1n) is 21.3. The molecule has 6 unspecified atom stereocenters. The number of rotatable bonds is 6. The predicted octanol–water partition coefficient (Wildman–Crippen LogP) is 10.2. The predicted molar refractivity (Wildman–Crippen MR) is 266 cm³/mol. The molecule has 2 heteroatoms. The first-order chi connectivity index (χ1) is 29.3. The maximum atomic E-state index is 12.3. The smallest absolute Gasteiger partial charge is 0.161 e. The average Bonchev–Trinajstić information content (AvgIpc) is 3.26. The Labute approximate surface area is 382 Å².